The van der Waals surface area contributed by atoms with E-state index in [9.17, 15) is 9.18 Å². The molecule has 2 fully saturated rings. The molecule has 5 rings (SSSR count). The summed E-state index contributed by atoms with van der Waals surface area (Å²) in [4.78, 5) is 35.9. The van der Waals surface area contributed by atoms with Gasteiger partial charge in [0, 0.05) is 45.0 Å². The smallest absolute Gasteiger partial charge is 0.320 e. The van der Waals surface area contributed by atoms with Gasteiger partial charge in [0.1, 0.15) is 23.2 Å². The van der Waals surface area contributed by atoms with Gasteiger partial charge < -0.3 is 20.0 Å². The van der Waals surface area contributed by atoms with Crippen molar-refractivity contribution in [1.82, 2.24) is 29.7 Å². The quantitative estimate of drug-likeness (QED) is 0.644. The van der Waals surface area contributed by atoms with Crippen molar-refractivity contribution in [3.8, 4) is 0 Å². The number of halogens is 2. The second-order valence-electron chi connectivity index (χ2n) is 8.00. The molecule has 2 aliphatic heterocycles. The molecule has 166 valence electrons. The third-order valence-electron chi connectivity index (χ3n) is 5.98. The lowest BCUT2D eigenvalue weighted by atomic mass is 10.0. The number of hydrogen-bond donors (Lipinski definition) is 1. The minimum Gasteiger partial charge on any atom is -0.341 e. The number of rotatable bonds is 4. The maximum absolute atomic E-state index is 13.5. The van der Waals surface area contributed by atoms with Crippen molar-refractivity contribution in [3.63, 3.8) is 0 Å². The molecule has 3 aromatic rings. The number of nitrogens with one attached hydrogen (secondary N) is 1. The van der Waals surface area contributed by atoms with E-state index in [2.05, 4.69) is 25.2 Å². The first kappa shape index (κ1) is 20.6. The van der Waals surface area contributed by atoms with Gasteiger partial charge >= 0.3 is 6.03 Å². The second-order valence-corrected chi connectivity index (χ2v) is 8.40. The standard InChI is InChI=1S/C21H22ClFN8O/c1-29-8-9-31(21(29)32)14-4-6-30(7-5-14)20-24-11-17-18(28-20)19(26-12-25-17)27-13-2-3-16(23)15(22)10-13/h2-3,10-12,14H,4-9H2,1H3,(H,25,26,27). The number of likely N-dealkylation sites (N-methyl/N-ethyl adjacent to an activating group) is 1. The van der Waals surface area contributed by atoms with Crippen LogP contribution in [0.2, 0.25) is 5.02 Å². The second kappa shape index (κ2) is 8.34. The molecule has 2 amide bonds. The number of aromatic nitrogens is 4. The Balaban J connectivity index is 1.35. The minimum absolute atomic E-state index is 0.0224. The predicted octanol–water partition coefficient (Wildman–Crippen LogP) is 3.29. The summed E-state index contributed by atoms with van der Waals surface area (Å²) < 4.78 is 13.5. The zero-order valence-electron chi connectivity index (χ0n) is 17.5. The van der Waals surface area contributed by atoms with E-state index in [-0.39, 0.29) is 17.1 Å². The largest absolute Gasteiger partial charge is 0.341 e. The zero-order chi connectivity index (χ0) is 22.2. The van der Waals surface area contributed by atoms with Gasteiger partial charge in [-0.3, -0.25) is 0 Å². The monoisotopic (exact) mass is 456 g/mol. The molecule has 0 spiro atoms. The van der Waals surface area contributed by atoms with Crippen LogP contribution < -0.4 is 10.2 Å². The molecular weight excluding hydrogens is 435 g/mol. The van der Waals surface area contributed by atoms with Crippen LogP contribution in [-0.4, -0.2) is 75.0 Å². The van der Waals surface area contributed by atoms with E-state index in [0.717, 1.165) is 39.0 Å². The Morgan fingerprint density at radius 3 is 2.66 bits per heavy atom. The van der Waals surface area contributed by atoms with Gasteiger partial charge in [0.2, 0.25) is 5.95 Å². The van der Waals surface area contributed by atoms with Crippen LogP contribution >= 0.6 is 11.6 Å². The molecule has 0 bridgehead atoms. The summed E-state index contributed by atoms with van der Waals surface area (Å²) in [6.07, 6.45) is 4.83. The Morgan fingerprint density at radius 2 is 1.94 bits per heavy atom. The van der Waals surface area contributed by atoms with E-state index in [1.807, 2.05) is 11.9 Å². The Labute approximate surface area is 189 Å². The highest BCUT2D eigenvalue weighted by Crippen LogP contribution is 2.27. The fraction of sp³-hybridized carbons (Fsp3) is 0.381. The van der Waals surface area contributed by atoms with Crippen molar-refractivity contribution in [1.29, 1.82) is 0 Å². The first-order valence-electron chi connectivity index (χ1n) is 10.5. The molecule has 0 unspecified atom stereocenters. The van der Waals surface area contributed by atoms with Crippen LogP contribution in [0.3, 0.4) is 0 Å². The molecule has 11 heteroatoms. The number of piperidine rings is 1. The van der Waals surface area contributed by atoms with Crippen LogP contribution in [0.1, 0.15) is 12.8 Å². The molecule has 0 radical (unpaired) electrons. The van der Waals surface area contributed by atoms with Crippen molar-refractivity contribution in [2.75, 3.05) is 43.4 Å². The number of carbonyl (C=O) groups is 1. The summed E-state index contributed by atoms with van der Waals surface area (Å²) in [7, 11) is 1.84. The normalized spacial score (nSPS) is 17.5. The summed E-state index contributed by atoms with van der Waals surface area (Å²) in [5, 5.41) is 3.16. The summed E-state index contributed by atoms with van der Waals surface area (Å²) in [5.74, 6) is 0.595. The summed E-state index contributed by atoms with van der Waals surface area (Å²) in [6.45, 7) is 3.08. The summed E-state index contributed by atoms with van der Waals surface area (Å²) in [5.41, 5.74) is 1.76. The topological polar surface area (TPSA) is 90.4 Å². The van der Waals surface area contributed by atoms with Gasteiger partial charge in [0.15, 0.2) is 5.82 Å². The Kier molecular flexibility index (Phi) is 5.38. The van der Waals surface area contributed by atoms with Gasteiger partial charge in [-0.15, -0.1) is 0 Å². The van der Waals surface area contributed by atoms with Crippen LogP contribution in [0.15, 0.2) is 30.7 Å². The number of benzene rings is 1. The Morgan fingerprint density at radius 1 is 1.12 bits per heavy atom. The predicted molar refractivity (Wildman–Crippen MR) is 120 cm³/mol. The molecule has 1 aromatic carbocycles. The van der Waals surface area contributed by atoms with Crippen molar-refractivity contribution in [2.24, 2.45) is 0 Å². The van der Waals surface area contributed by atoms with E-state index < -0.39 is 5.82 Å². The third-order valence-corrected chi connectivity index (χ3v) is 6.27. The first-order chi connectivity index (χ1) is 15.5. The van der Waals surface area contributed by atoms with Gasteiger partial charge in [-0.25, -0.2) is 29.1 Å². The van der Waals surface area contributed by atoms with E-state index in [1.165, 1.54) is 18.5 Å². The van der Waals surface area contributed by atoms with E-state index in [1.54, 1.807) is 17.2 Å². The third kappa shape index (κ3) is 3.86. The van der Waals surface area contributed by atoms with Crippen molar-refractivity contribution in [3.05, 3.63) is 41.6 Å². The maximum Gasteiger partial charge on any atom is 0.320 e. The van der Waals surface area contributed by atoms with Gasteiger partial charge in [-0.1, -0.05) is 11.6 Å². The van der Waals surface area contributed by atoms with Crippen LogP contribution in [-0.2, 0) is 0 Å². The SMILES string of the molecule is CN1CCN(C2CCN(c3ncc4ncnc(Nc5ccc(F)c(Cl)c5)c4n3)CC2)C1=O. The highest BCUT2D eigenvalue weighted by molar-refractivity contribution is 6.31. The number of fused-ring (bicyclic) bond motifs is 1. The van der Waals surface area contributed by atoms with Crippen LogP contribution in [0.25, 0.3) is 11.0 Å². The average molecular weight is 457 g/mol. The molecule has 32 heavy (non-hydrogen) atoms. The zero-order valence-corrected chi connectivity index (χ0v) is 18.3. The average Bonchev–Trinajstić information content (AvgIpc) is 3.14. The van der Waals surface area contributed by atoms with Crippen molar-refractivity contribution >= 4 is 46.1 Å². The summed E-state index contributed by atoms with van der Waals surface area (Å²) >= 11 is 5.89. The molecule has 1 N–H and O–H groups in total. The maximum atomic E-state index is 13.5. The molecular formula is C21H22ClFN8O. The molecule has 0 atom stereocenters. The fourth-order valence-corrected chi connectivity index (χ4v) is 4.36. The highest BCUT2D eigenvalue weighted by Gasteiger charge is 2.34. The Bertz CT molecular complexity index is 1170. The number of urea groups is 1. The van der Waals surface area contributed by atoms with Crippen molar-refractivity contribution < 1.29 is 9.18 Å². The summed E-state index contributed by atoms with van der Waals surface area (Å²) in [6, 6.07) is 4.72. The van der Waals surface area contributed by atoms with Gasteiger partial charge in [-0.05, 0) is 31.0 Å². The number of nitrogens with zero attached hydrogens (tertiary/aromatic N) is 7. The molecule has 0 aliphatic carbocycles. The lowest BCUT2D eigenvalue weighted by Gasteiger charge is -2.36. The fourth-order valence-electron chi connectivity index (χ4n) is 4.18. The Hall–Kier alpha value is -3.27. The van der Waals surface area contributed by atoms with Crippen molar-refractivity contribution in [2.45, 2.75) is 18.9 Å². The number of hydrogen-bond acceptors (Lipinski definition) is 7. The van der Waals surface area contributed by atoms with Gasteiger partial charge in [0.05, 0.1) is 11.2 Å². The van der Waals surface area contributed by atoms with Crippen LogP contribution in [0.4, 0.5) is 26.6 Å². The molecule has 2 aliphatic rings. The number of carbonyl (C=O) groups excluding carboxylic acids is 1. The molecule has 2 saturated heterocycles. The number of anilines is 3. The first-order valence-corrected chi connectivity index (χ1v) is 10.8. The van der Waals surface area contributed by atoms with E-state index >= 15 is 0 Å². The molecule has 4 heterocycles. The minimum atomic E-state index is -0.486. The highest BCUT2D eigenvalue weighted by atomic mass is 35.5. The lowest BCUT2D eigenvalue weighted by molar-refractivity contribution is 0.173. The van der Waals surface area contributed by atoms with E-state index in [0.29, 0.717) is 28.5 Å². The van der Waals surface area contributed by atoms with Crippen LogP contribution in [0.5, 0.6) is 0 Å². The van der Waals surface area contributed by atoms with Gasteiger partial charge in [-0.2, -0.15) is 0 Å². The van der Waals surface area contributed by atoms with E-state index in [4.69, 9.17) is 16.6 Å². The lowest BCUT2D eigenvalue weighted by Crippen LogP contribution is -2.46. The molecule has 0 saturated carbocycles. The van der Waals surface area contributed by atoms with Gasteiger partial charge in [0.25, 0.3) is 0 Å². The molecule has 2 aromatic heterocycles. The van der Waals surface area contributed by atoms with Crippen LogP contribution in [0, 0.1) is 5.82 Å². The molecule has 9 nitrogen and oxygen atoms in total. The number of amides is 2.